The molecule has 0 bridgehead atoms. The summed E-state index contributed by atoms with van der Waals surface area (Å²) in [5, 5.41) is 3.57. The topological polar surface area (TPSA) is 50.7 Å². The fourth-order valence-electron chi connectivity index (χ4n) is 1.73. The van der Waals surface area contributed by atoms with E-state index >= 15 is 0 Å². The molecule has 4 nitrogen and oxygen atoms in total. The molecule has 0 radical (unpaired) electrons. The Bertz CT molecular complexity index is 794. The van der Waals surface area contributed by atoms with E-state index in [0.717, 1.165) is 18.3 Å². The molecule has 0 fully saturated rings. The predicted octanol–water partition coefficient (Wildman–Crippen LogP) is 4.14. The smallest absolute Gasteiger partial charge is 0.416 e. The number of amides is 1. The molecule has 0 aliphatic rings. The zero-order valence-corrected chi connectivity index (χ0v) is 14.1. The number of nitrogens with zero attached hydrogens (tertiary/aromatic N) is 1. The van der Waals surface area contributed by atoms with Crippen molar-refractivity contribution < 1.29 is 27.1 Å². The minimum absolute atomic E-state index is 0.105. The summed E-state index contributed by atoms with van der Waals surface area (Å²) in [6, 6.07) is 8.34. The minimum atomic E-state index is -4.50. The van der Waals surface area contributed by atoms with Crippen LogP contribution >= 0.6 is 15.9 Å². The van der Waals surface area contributed by atoms with Gasteiger partial charge in [-0.05, 0) is 36.4 Å². The number of hydrogen-bond acceptors (Lipinski definition) is 3. The number of rotatable bonds is 5. The van der Waals surface area contributed by atoms with Crippen LogP contribution in [0.5, 0.6) is 5.75 Å². The Labute approximate surface area is 148 Å². The molecular formula is C16H11BrF4N2O2. The zero-order chi connectivity index (χ0) is 18.4. The molecule has 2 aromatic carbocycles. The van der Waals surface area contributed by atoms with Gasteiger partial charge in [-0.25, -0.2) is 9.82 Å². The van der Waals surface area contributed by atoms with E-state index < -0.39 is 30.1 Å². The van der Waals surface area contributed by atoms with Crippen LogP contribution in [0.15, 0.2) is 52.0 Å². The molecule has 0 spiro atoms. The first kappa shape index (κ1) is 18.9. The van der Waals surface area contributed by atoms with Gasteiger partial charge in [0, 0.05) is 10.0 Å². The van der Waals surface area contributed by atoms with Gasteiger partial charge in [-0.15, -0.1) is 0 Å². The fraction of sp³-hybridized carbons (Fsp3) is 0.125. The Morgan fingerprint density at radius 1 is 1.24 bits per heavy atom. The number of carbonyl (C=O) groups excluding carboxylic acids is 1. The lowest BCUT2D eigenvalue weighted by Gasteiger charge is -2.09. The summed E-state index contributed by atoms with van der Waals surface area (Å²) in [4.78, 5) is 11.6. The molecule has 0 unspecified atom stereocenters. The SMILES string of the molecule is O=C(COc1cccc(C(F)(F)F)c1)N/N=C/c1cc(Br)ccc1F. The third kappa shape index (κ3) is 5.86. The van der Waals surface area contributed by atoms with Crippen molar-refractivity contribution in [3.8, 4) is 5.75 Å². The molecule has 1 amide bonds. The molecule has 0 aliphatic carbocycles. The molecule has 0 saturated heterocycles. The van der Waals surface area contributed by atoms with E-state index in [1.165, 1.54) is 30.3 Å². The van der Waals surface area contributed by atoms with Gasteiger partial charge in [0.15, 0.2) is 6.61 Å². The van der Waals surface area contributed by atoms with Crippen LogP contribution in [-0.4, -0.2) is 18.7 Å². The second-order valence-corrected chi connectivity index (χ2v) is 5.69. The lowest BCUT2D eigenvalue weighted by atomic mass is 10.2. The van der Waals surface area contributed by atoms with Crippen LogP contribution < -0.4 is 10.2 Å². The van der Waals surface area contributed by atoms with Crippen LogP contribution in [0.3, 0.4) is 0 Å². The van der Waals surface area contributed by atoms with Crippen molar-refractivity contribution in [1.29, 1.82) is 0 Å². The van der Waals surface area contributed by atoms with Gasteiger partial charge < -0.3 is 4.74 Å². The summed E-state index contributed by atoms with van der Waals surface area (Å²) in [6.45, 7) is -0.542. The van der Waals surface area contributed by atoms with Crippen LogP contribution in [0.4, 0.5) is 17.6 Å². The fourth-order valence-corrected chi connectivity index (χ4v) is 2.11. The van der Waals surface area contributed by atoms with E-state index in [4.69, 9.17) is 4.74 Å². The Kier molecular flexibility index (Phi) is 6.13. The van der Waals surface area contributed by atoms with Crippen molar-refractivity contribution in [1.82, 2.24) is 5.43 Å². The summed E-state index contributed by atoms with van der Waals surface area (Å²) in [7, 11) is 0. The number of nitrogens with one attached hydrogen (secondary N) is 1. The van der Waals surface area contributed by atoms with E-state index in [-0.39, 0.29) is 11.3 Å². The first-order valence-corrected chi connectivity index (χ1v) is 7.62. The predicted molar refractivity (Wildman–Crippen MR) is 86.8 cm³/mol. The van der Waals surface area contributed by atoms with E-state index in [2.05, 4.69) is 26.5 Å². The van der Waals surface area contributed by atoms with Gasteiger partial charge in [0.1, 0.15) is 11.6 Å². The number of halogens is 5. The summed E-state index contributed by atoms with van der Waals surface area (Å²) in [5.74, 6) is -1.34. The Balaban J connectivity index is 1.89. The third-order valence-corrected chi connectivity index (χ3v) is 3.38. The van der Waals surface area contributed by atoms with Gasteiger partial charge in [0.2, 0.25) is 0 Å². The van der Waals surface area contributed by atoms with E-state index in [9.17, 15) is 22.4 Å². The molecule has 2 rings (SSSR count). The maximum absolute atomic E-state index is 13.5. The number of alkyl halides is 3. The number of hydrazone groups is 1. The number of benzene rings is 2. The van der Waals surface area contributed by atoms with Gasteiger partial charge in [-0.3, -0.25) is 4.79 Å². The molecule has 2 aromatic rings. The largest absolute Gasteiger partial charge is 0.484 e. The molecule has 0 heterocycles. The summed E-state index contributed by atoms with van der Waals surface area (Å²) >= 11 is 3.17. The second-order valence-electron chi connectivity index (χ2n) is 4.77. The minimum Gasteiger partial charge on any atom is -0.484 e. The Morgan fingerprint density at radius 3 is 2.72 bits per heavy atom. The summed E-state index contributed by atoms with van der Waals surface area (Å²) < 4.78 is 56.8. The molecule has 0 atom stereocenters. The van der Waals surface area contributed by atoms with Gasteiger partial charge in [0.25, 0.3) is 5.91 Å². The molecule has 0 aliphatic heterocycles. The van der Waals surface area contributed by atoms with Gasteiger partial charge in [0.05, 0.1) is 11.8 Å². The highest BCUT2D eigenvalue weighted by Gasteiger charge is 2.30. The summed E-state index contributed by atoms with van der Waals surface area (Å²) in [6.07, 6.45) is -3.40. The van der Waals surface area contributed by atoms with E-state index in [0.29, 0.717) is 4.47 Å². The van der Waals surface area contributed by atoms with Crippen LogP contribution in [0.1, 0.15) is 11.1 Å². The highest BCUT2D eigenvalue weighted by Crippen LogP contribution is 2.31. The second kappa shape index (κ2) is 8.11. The van der Waals surface area contributed by atoms with Crippen LogP contribution in [0.25, 0.3) is 0 Å². The lowest BCUT2D eigenvalue weighted by molar-refractivity contribution is -0.137. The molecular weight excluding hydrogens is 408 g/mol. The van der Waals surface area contributed by atoms with Crippen molar-refractivity contribution in [3.63, 3.8) is 0 Å². The molecule has 132 valence electrons. The lowest BCUT2D eigenvalue weighted by Crippen LogP contribution is -2.24. The zero-order valence-electron chi connectivity index (χ0n) is 12.5. The Hall–Kier alpha value is -2.42. The highest BCUT2D eigenvalue weighted by atomic mass is 79.9. The molecule has 1 N–H and O–H groups in total. The Morgan fingerprint density at radius 2 is 2.00 bits per heavy atom. The van der Waals surface area contributed by atoms with Crippen LogP contribution in [-0.2, 0) is 11.0 Å². The van der Waals surface area contributed by atoms with Crippen LogP contribution in [0, 0.1) is 5.82 Å². The van der Waals surface area contributed by atoms with Gasteiger partial charge >= 0.3 is 6.18 Å². The molecule has 9 heteroatoms. The van der Waals surface area contributed by atoms with Crippen molar-refractivity contribution in [2.24, 2.45) is 5.10 Å². The molecule has 0 aromatic heterocycles. The quantitative estimate of drug-likeness (QED) is 0.450. The van der Waals surface area contributed by atoms with Crippen molar-refractivity contribution >= 4 is 28.1 Å². The maximum Gasteiger partial charge on any atom is 0.416 e. The van der Waals surface area contributed by atoms with Gasteiger partial charge in [-0.2, -0.15) is 18.3 Å². The summed E-state index contributed by atoms with van der Waals surface area (Å²) in [5.41, 5.74) is 1.36. The van der Waals surface area contributed by atoms with E-state index in [1.54, 1.807) is 0 Å². The monoisotopic (exact) mass is 418 g/mol. The van der Waals surface area contributed by atoms with Gasteiger partial charge in [-0.1, -0.05) is 22.0 Å². The number of carbonyl (C=O) groups is 1. The van der Waals surface area contributed by atoms with Crippen molar-refractivity contribution in [3.05, 3.63) is 63.9 Å². The number of hydrogen-bond donors (Lipinski definition) is 1. The average Bonchev–Trinajstić information content (AvgIpc) is 2.55. The standard InChI is InChI=1S/C16H11BrF4N2O2/c17-12-4-5-14(18)10(6-12)8-22-23-15(24)9-25-13-3-1-2-11(7-13)16(19,20)21/h1-8H,9H2,(H,23,24)/b22-8+. The molecule has 0 saturated carbocycles. The number of ether oxygens (including phenoxy) is 1. The van der Waals surface area contributed by atoms with Crippen molar-refractivity contribution in [2.45, 2.75) is 6.18 Å². The maximum atomic E-state index is 13.5. The average molecular weight is 419 g/mol. The normalized spacial score (nSPS) is 11.6. The highest BCUT2D eigenvalue weighted by molar-refractivity contribution is 9.10. The first-order valence-electron chi connectivity index (χ1n) is 6.83. The van der Waals surface area contributed by atoms with Crippen LogP contribution in [0.2, 0.25) is 0 Å². The molecule has 25 heavy (non-hydrogen) atoms. The first-order chi connectivity index (χ1) is 11.8. The van der Waals surface area contributed by atoms with Crippen molar-refractivity contribution in [2.75, 3.05) is 6.61 Å². The van der Waals surface area contributed by atoms with E-state index in [1.807, 2.05) is 0 Å². The third-order valence-electron chi connectivity index (χ3n) is 2.88.